The molecule has 0 saturated carbocycles. The van der Waals surface area contributed by atoms with E-state index in [4.69, 9.17) is 10.2 Å². The van der Waals surface area contributed by atoms with Gasteiger partial charge in [0.05, 0.1) is 12.7 Å². The molecule has 0 aromatic carbocycles. The molecule has 3 unspecified atom stereocenters. The maximum Gasteiger partial charge on any atom is 0.0861 e. The fourth-order valence-corrected chi connectivity index (χ4v) is 2.46. The number of hydrogen-bond donors (Lipinski definition) is 3. The van der Waals surface area contributed by atoms with Crippen LogP contribution in [0.25, 0.3) is 0 Å². The lowest BCUT2D eigenvalue weighted by Gasteiger charge is -2.22. The monoisotopic (exact) mass is 221 g/mol. The summed E-state index contributed by atoms with van der Waals surface area (Å²) < 4.78 is 0. The van der Waals surface area contributed by atoms with Gasteiger partial charge in [0.25, 0.3) is 0 Å². The summed E-state index contributed by atoms with van der Waals surface area (Å²) in [7, 11) is 1.97. The van der Waals surface area contributed by atoms with Crippen LogP contribution in [0.5, 0.6) is 0 Å². The normalized spacial score (nSPS) is 17.8. The van der Waals surface area contributed by atoms with Crippen LogP contribution in [0.2, 0.25) is 0 Å². The summed E-state index contributed by atoms with van der Waals surface area (Å²) >= 11 is 1.69. The van der Waals surface area contributed by atoms with E-state index in [1.54, 1.807) is 11.8 Å². The zero-order valence-corrected chi connectivity index (χ0v) is 10.2. The zero-order valence-electron chi connectivity index (χ0n) is 9.36. The highest BCUT2D eigenvalue weighted by Gasteiger charge is 2.13. The summed E-state index contributed by atoms with van der Waals surface area (Å²) in [4.78, 5) is 0. The number of hydrogen-bond acceptors (Lipinski definition) is 4. The van der Waals surface area contributed by atoms with Crippen LogP contribution in [0, 0.1) is 5.92 Å². The van der Waals surface area contributed by atoms with Crippen LogP contribution < -0.4 is 5.32 Å². The third-order valence-electron chi connectivity index (χ3n) is 2.52. The van der Waals surface area contributed by atoms with Gasteiger partial charge < -0.3 is 15.5 Å². The van der Waals surface area contributed by atoms with Crippen molar-refractivity contribution in [3.05, 3.63) is 0 Å². The predicted molar refractivity (Wildman–Crippen MR) is 62.7 cm³/mol. The quantitative estimate of drug-likeness (QED) is 0.565. The van der Waals surface area contributed by atoms with Crippen molar-refractivity contribution in [1.29, 1.82) is 0 Å². The lowest BCUT2D eigenvalue weighted by atomic mass is 10.0. The third kappa shape index (κ3) is 5.86. The van der Waals surface area contributed by atoms with Gasteiger partial charge in [-0.1, -0.05) is 20.3 Å². The maximum absolute atomic E-state index is 9.15. The van der Waals surface area contributed by atoms with Crippen LogP contribution in [0.3, 0.4) is 0 Å². The van der Waals surface area contributed by atoms with Gasteiger partial charge in [0.15, 0.2) is 0 Å². The van der Waals surface area contributed by atoms with Gasteiger partial charge in [-0.2, -0.15) is 11.8 Å². The van der Waals surface area contributed by atoms with Gasteiger partial charge in [0.1, 0.15) is 0 Å². The molecule has 0 rings (SSSR count). The molecule has 0 spiro atoms. The molecule has 0 amide bonds. The van der Waals surface area contributed by atoms with Gasteiger partial charge in [-0.3, -0.25) is 0 Å². The smallest absolute Gasteiger partial charge is 0.0861 e. The van der Waals surface area contributed by atoms with E-state index in [-0.39, 0.29) is 6.61 Å². The van der Waals surface area contributed by atoms with E-state index in [0.29, 0.717) is 17.7 Å². The fourth-order valence-electron chi connectivity index (χ4n) is 1.20. The first-order chi connectivity index (χ1) is 6.65. The average molecular weight is 221 g/mol. The van der Waals surface area contributed by atoms with Gasteiger partial charge in [-0.15, -0.1) is 0 Å². The largest absolute Gasteiger partial charge is 0.394 e. The minimum Gasteiger partial charge on any atom is -0.394 e. The number of aliphatic hydroxyl groups excluding tert-OH is 2. The Balaban J connectivity index is 3.62. The molecule has 0 aromatic heterocycles. The second-order valence-electron chi connectivity index (χ2n) is 3.65. The van der Waals surface area contributed by atoms with Crippen LogP contribution in [0.1, 0.15) is 20.3 Å². The van der Waals surface area contributed by atoms with Crippen molar-refractivity contribution in [3.8, 4) is 0 Å². The lowest BCUT2D eigenvalue weighted by Crippen LogP contribution is -2.34. The Morgan fingerprint density at radius 2 is 2.00 bits per heavy atom. The fraction of sp³-hybridized carbons (Fsp3) is 1.00. The van der Waals surface area contributed by atoms with Gasteiger partial charge in [0.2, 0.25) is 0 Å². The third-order valence-corrected chi connectivity index (χ3v) is 3.74. The molecule has 0 aromatic rings. The maximum atomic E-state index is 9.15. The summed E-state index contributed by atoms with van der Waals surface area (Å²) in [5.41, 5.74) is 0. The predicted octanol–water partition coefficient (Wildman–Crippen LogP) is 0.707. The molecule has 0 saturated heterocycles. The summed E-state index contributed by atoms with van der Waals surface area (Å²) in [6.07, 6.45) is 0.587. The van der Waals surface area contributed by atoms with Crippen molar-refractivity contribution in [3.63, 3.8) is 0 Å². The molecule has 0 aliphatic carbocycles. The van der Waals surface area contributed by atoms with E-state index in [0.717, 1.165) is 12.2 Å². The van der Waals surface area contributed by atoms with E-state index in [2.05, 4.69) is 19.2 Å². The first kappa shape index (κ1) is 14.2. The molecule has 14 heavy (non-hydrogen) atoms. The molecule has 86 valence electrons. The lowest BCUT2D eigenvalue weighted by molar-refractivity contribution is 0.113. The second kappa shape index (κ2) is 8.53. The molecular weight excluding hydrogens is 198 g/mol. The van der Waals surface area contributed by atoms with E-state index < -0.39 is 6.10 Å². The molecule has 3 atom stereocenters. The van der Waals surface area contributed by atoms with Gasteiger partial charge >= 0.3 is 0 Å². The Labute approximate surface area is 91.3 Å². The first-order valence-corrected chi connectivity index (χ1v) is 6.35. The Hall–Kier alpha value is 0.230. The molecule has 0 aliphatic rings. The number of nitrogens with one attached hydrogen (secondary N) is 1. The van der Waals surface area contributed by atoms with Crippen molar-refractivity contribution in [1.82, 2.24) is 5.32 Å². The van der Waals surface area contributed by atoms with Crippen LogP contribution in [-0.4, -0.2) is 47.5 Å². The standard InChI is InChI=1S/C10H23NO2S/c1-4-8(2)10(11-3)7-14-6-9(13)5-12/h8-13H,4-7H2,1-3H3. The van der Waals surface area contributed by atoms with E-state index >= 15 is 0 Å². The molecule has 3 nitrogen and oxygen atoms in total. The highest BCUT2D eigenvalue weighted by atomic mass is 32.2. The Bertz CT molecular complexity index is 135. The van der Waals surface area contributed by atoms with Crippen molar-refractivity contribution >= 4 is 11.8 Å². The van der Waals surface area contributed by atoms with E-state index in [1.807, 2.05) is 7.05 Å². The number of thioether (sulfide) groups is 1. The van der Waals surface area contributed by atoms with Crippen LogP contribution >= 0.6 is 11.8 Å². The van der Waals surface area contributed by atoms with Crippen molar-refractivity contribution in [2.75, 3.05) is 25.2 Å². The first-order valence-electron chi connectivity index (χ1n) is 5.19. The van der Waals surface area contributed by atoms with E-state index in [9.17, 15) is 0 Å². The summed E-state index contributed by atoms with van der Waals surface area (Å²) in [5.74, 6) is 2.26. The molecule has 0 aliphatic heterocycles. The zero-order chi connectivity index (χ0) is 11.0. The van der Waals surface area contributed by atoms with Gasteiger partial charge in [-0.05, 0) is 13.0 Å². The average Bonchev–Trinajstić information content (AvgIpc) is 2.22. The highest BCUT2D eigenvalue weighted by Crippen LogP contribution is 2.13. The SMILES string of the molecule is CCC(C)C(CSCC(O)CO)NC. The minimum atomic E-state index is -0.575. The minimum absolute atomic E-state index is 0.138. The Morgan fingerprint density at radius 1 is 1.36 bits per heavy atom. The van der Waals surface area contributed by atoms with E-state index in [1.165, 1.54) is 0 Å². The summed E-state index contributed by atoms with van der Waals surface area (Å²) in [6, 6.07) is 0.496. The van der Waals surface area contributed by atoms with Crippen molar-refractivity contribution in [2.45, 2.75) is 32.4 Å². The van der Waals surface area contributed by atoms with Gasteiger partial charge in [0, 0.05) is 17.5 Å². The molecule has 3 N–H and O–H groups in total. The van der Waals surface area contributed by atoms with Gasteiger partial charge in [-0.25, -0.2) is 0 Å². The summed E-state index contributed by atoms with van der Waals surface area (Å²) in [6.45, 7) is 4.27. The Morgan fingerprint density at radius 3 is 2.43 bits per heavy atom. The number of rotatable bonds is 8. The molecule has 0 radical (unpaired) electrons. The molecule has 4 heteroatoms. The summed E-state index contributed by atoms with van der Waals surface area (Å²) in [5, 5.41) is 21.1. The topological polar surface area (TPSA) is 52.5 Å². The van der Waals surface area contributed by atoms with Crippen LogP contribution in [-0.2, 0) is 0 Å². The Kier molecular flexibility index (Phi) is 8.67. The van der Waals surface area contributed by atoms with Crippen LogP contribution in [0.4, 0.5) is 0 Å². The van der Waals surface area contributed by atoms with Crippen molar-refractivity contribution < 1.29 is 10.2 Å². The van der Waals surface area contributed by atoms with Crippen molar-refractivity contribution in [2.24, 2.45) is 5.92 Å². The highest BCUT2D eigenvalue weighted by molar-refractivity contribution is 7.99. The van der Waals surface area contributed by atoms with Crippen LogP contribution in [0.15, 0.2) is 0 Å². The molecule has 0 fully saturated rings. The molecule has 0 bridgehead atoms. The molecule has 0 heterocycles. The number of aliphatic hydroxyl groups is 2. The molecular formula is C10H23NO2S. The second-order valence-corrected chi connectivity index (χ2v) is 4.73.